The first kappa shape index (κ1) is 13.3. The molecule has 4 nitrogen and oxygen atoms in total. The maximum Gasteiger partial charge on any atom is 0.216 e. The summed E-state index contributed by atoms with van der Waals surface area (Å²) in [7, 11) is -3.09. The summed E-state index contributed by atoms with van der Waals surface area (Å²) in [5, 5.41) is 3.16. The Kier molecular flexibility index (Phi) is 4.10. The van der Waals surface area contributed by atoms with Crippen LogP contribution in [-0.2, 0) is 10.0 Å². The van der Waals surface area contributed by atoms with Crippen molar-refractivity contribution >= 4 is 10.0 Å². The molecule has 2 aliphatic heterocycles. The molecule has 5 heteroatoms. The number of nitrogens with one attached hydrogen (secondary N) is 1. The highest BCUT2D eigenvalue weighted by Gasteiger charge is 2.38. The van der Waals surface area contributed by atoms with Crippen LogP contribution in [0.4, 0.5) is 0 Å². The molecule has 0 radical (unpaired) electrons. The Morgan fingerprint density at radius 1 is 1.18 bits per heavy atom. The third-order valence-corrected chi connectivity index (χ3v) is 6.28. The zero-order valence-electron chi connectivity index (χ0n) is 10.9. The minimum Gasteiger partial charge on any atom is -0.312 e. The average molecular weight is 260 g/mol. The van der Waals surface area contributed by atoms with E-state index in [1.165, 1.54) is 6.42 Å². The molecular weight excluding hydrogens is 236 g/mol. The van der Waals surface area contributed by atoms with Crippen molar-refractivity contribution in [1.82, 2.24) is 9.62 Å². The van der Waals surface area contributed by atoms with Gasteiger partial charge in [-0.1, -0.05) is 6.42 Å². The van der Waals surface area contributed by atoms with Gasteiger partial charge in [-0.3, -0.25) is 0 Å². The van der Waals surface area contributed by atoms with Gasteiger partial charge in [0.25, 0.3) is 0 Å². The van der Waals surface area contributed by atoms with Crippen molar-refractivity contribution in [2.75, 3.05) is 13.1 Å². The van der Waals surface area contributed by atoms with Crippen molar-refractivity contribution in [3.63, 3.8) is 0 Å². The quantitative estimate of drug-likeness (QED) is 0.833. The molecule has 2 aliphatic rings. The second-order valence-electron chi connectivity index (χ2n) is 5.47. The fraction of sp³-hybridized carbons (Fsp3) is 1.00. The van der Waals surface area contributed by atoms with E-state index in [-0.39, 0.29) is 11.3 Å². The molecule has 2 atom stereocenters. The molecule has 1 N–H and O–H groups in total. The molecule has 2 saturated heterocycles. The third-order valence-electron chi connectivity index (χ3n) is 3.98. The van der Waals surface area contributed by atoms with E-state index in [1.807, 2.05) is 0 Å². The van der Waals surface area contributed by atoms with Crippen LogP contribution in [0.15, 0.2) is 0 Å². The van der Waals surface area contributed by atoms with E-state index in [9.17, 15) is 8.42 Å². The number of sulfonamides is 1. The zero-order chi connectivity index (χ0) is 12.5. The van der Waals surface area contributed by atoms with Crippen LogP contribution < -0.4 is 5.32 Å². The largest absolute Gasteiger partial charge is 0.312 e. The number of rotatable bonds is 3. The van der Waals surface area contributed by atoms with E-state index in [2.05, 4.69) is 5.32 Å². The lowest BCUT2D eigenvalue weighted by atomic mass is 9.97. The minimum absolute atomic E-state index is 0.193. The van der Waals surface area contributed by atoms with Crippen molar-refractivity contribution in [2.45, 2.75) is 63.3 Å². The van der Waals surface area contributed by atoms with Gasteiger partial charge in [0.1, 0.15) is 0 Å². The smallest absolute Gasteiger partial charge is 0.216 e. The highest BCUT2D eigenvalue weighted by atomic mass is 32.2. The molecule has 0 bridgehead atoms. The van der Waals surface area contributed by atoms with Gasteiger partial charge in [0.15, 0.2) is 0 Å². The average Bonchev–Trinajstić information content (AvgIpc) is 2.82. The SMILES string of the molecule is CC(C)S(=O)(=O)N1CCCCC1C1CCCN1. The van der Waals surface area contributed by atoms with Gasteiger partial charge in [-0.15, -0.1) is 0 Å². The molecule has 0 amide bonds. The molecule has 100 valence electrons. The third kappa shape index (κ3) is 2.66. The van der Waals surface area contributed by atoms with Crippen LogP contribution in [0.1, 0.15) is 46.0 Å². The lowest BCUT2D eigenvalue weighted by Gasteiger charge is -2.39. The highest BCUT2D eigenvalue weighted by molar-refractivity contribution is 7.89. The first-order valence-electron chi connectivity index (χ1n) is 6.77. The van der Waals surface area contributed by atoms with E-state index in [0.717, 1.165) is 32.2 Å². The second kappa shape index (κ2) is 5.24. The summed E-state index contributed by atoms with van der Waals surface area (Å²) in [5.41, 5.74) is 0. The summed E-state index contributed by atoms with van der Waals surface area (Å²) >= 11 is 0. The van der Waals surface area contributed by atoms with Gasteiger partial charge in [-0.2, -0.15) is 4.31 Å². The number of piperidine rings is 1. The fourth-order valence-corrected chi connectivity index (χ4v) is 4.51. The van der Waals surface area contributed by atoms with Gasteiger partial charge >= 0.3 is 0 Å². The fourth-order valence-electron chi connectivity index (χ4n) is 2.96. The monoisotopic (exact) mass is 260 g/mol. The zero-order valence-corrected chi connectivity index (χ0v) is 11.7. The van der Waals surface area contributed by atoms with Crippen LogP contribution in [0, 0.1) is 0 Å². The van der Waals surface area contributed by atoms with Crippen molar-refractivity contribution < 1.29 is 8.42 Å². The molecule has 0 saturated carbocycles. The van der Waals surface area contributed by atoms with Gasteiger partial charge in [-0.25, -0.2) is 8.42 Å². The van der Waals surface area contributed by atoms with Gasteiger partial charge in [0.2, 0.25) is 10.0 Å². The Balaban J connectivity index is 2.17. The second-order valence-corrected chi connectivity index (χ2v) is 7.91. The predicted molar refractivity (Wildman–Crippen MR) is 69.4 cm³/mol. The normalized spacial score (nSPS) is 32.2. The summed E-state index contributed by atoms with van der Waals surface area (Å²) in [4.78, 5) is 0. The summed E-state index contributed by atoms with van der Waals surface area (Å²) in [6.07, 6.45) is 5.48. The molecule has 2 unspecified atom stereocenters. The number of hydrogen-bond donors (Lipinski definition) is 1. The van der Waals surface area contributed by atoms with E-state index in [4.69, 9.17) is 0 Å². The first-order chi connectivity index (χ1) is 8.03. The summed E-state index contributed by atoms with van der Waals surface area (Å²) in [5.74, 6) is 0. The van der Waals surface area contributed by atoms with E-state index >= 15 is 0 Å². The molecule has 0 aromatic carbocycles. The molecule has 17 heavy (non-hydrogen) atoms. The molecule has 2 heterocycles. The van der Waals surface area contributed by atoms with Crippen molar-refractivity contribution in [3.05, 3.63) is 0 Å². The van der Waals surface area contributed by atoms with Gasteiger partial charge in [-0.05, 0) is 46.1 Å². The van der Waals surface area contributed by atoms with Gasteiger partial charge in [0.05, 0.1) is 5.25 Å². The Morgan fingerprint density at radius 3 is 2.53 bits per heavy atom. The number of nitrogens with zero attached hydrogens (tertiary/aromatic N) is 1. The minimum atomic E-state index is -3.09. The molecule has 2 fully saturated rings. The van der Waals surface area contributed by atoms with E-state index in [0.29, 0.717) is 12.6 Å². The van der Waals surface area contributed by atoms with Crippen LogP contribution >= 0.6 is 0 Å². The lowest BCUT2D eigenvalue weighted by molar-refractivity contribution is 0.209. The molecule has 0 aromatic heterocycles. The molecular formula is C12H24N2O2S. The van der Waals surface area contributed by atoms with E-state index < -0.39 is 10.0 Å². The van der Waals surface area contributed by atoms with Gasteiger partial charge in [0, 0.05) is 18.6 Å². The van der Waals surface area contributed by atoms with Crippen LogP contribution in [0.3, 0.4) is 0 Å². The van der Waals surface area contributed by atoms with E-state index in [1.54, 1.807) is 18.2 Å². The summed E-state index contributed by atoms with van der Waals surface area (Å²) in [6.45, 7) is 5.31. The molecule has 0 spiro atoms. The maximum atomic E-state index is 12.4. The van der Waals surface area contributed by atoms with Gasteiger partial charge < -0.3 is 5.32 Å². The van der Waals surface area contributed by atoms with Crippen LogP contribution in [0.2, 0.25) is 0 Å². The molecule has 0 aliphatic carbocycles. The first-order valence-corrected chi connectivity index (χ1v) is 8.28. The van der Waals surface area contributed by atoms with Crippen molar-refractivity contribution in [1.29, 1.82) is 0 Å². The molecule has 0 aromatic rings. The standard InChI is InChI=1S/C12H24N2O2S/c1-10(2)17(15,16)14-9-4-3-7-12(14)11-6-5-8-13-11/h10-13H,3-9H2,1-2H3. The Labute approximate surface area is 105 Å². The van der Waals surface area contributed by atoms with Crippen LogP contribution in [-0.4, -0.2) is 43.1 Å². The Hall–Kier alpha value is -0.130. The topological polar surface area (TPSA) is 49.4 Å². The number of hydrogen-bond acceptors (Lipinski definition) is 3. The van der Waals surface area contributed by atoms with Crippen LogP contribution in [0.5, 0.6) is 0 Å². The predicted octanol–water partition coefficient (Wildman–Crippen LogP) is 1.33. The van der Waals surface area contributed by atoms with Crippen molar-refractivity contribution in [2.24, 2.45) is 0 Å². The Bertz CT molecular complexity index is 348. The summed E-state index contributed by atoms with van der Waals surface area (Å²) < 4.78 is 26.5. The Morgan fingerprint density at radius 2 is 1.94 bits per heavy atom. The lowest BCUT2D eigenvalue weighted by Crippen LogP contribution is -2.54. The molecule has 2 rings (SSSR count). The van der Waals surface area contributed by atoms with Crippen LogP contribution in [0.25, 0.3) is 0 Å². The van der Waals surface area contributed by atoms with Crippen molar-refractivity contribution in [3.8, 4) is 0 Å². The maximum absolute atomic E-state index is 12.4. The summed E-state index contributed by atoms with van der Waals surface area (Å²) in [6, 6.07) is 0.572. The highest BCUT2D eigenvalue weighted by Crippen LogP contribution is 2.28.